The molecule has 0 bridgehead atoms. The van der Waals surface area contributed by atoms with Gasteiger partial charge in [-0.05, 0) is 46.1 Å². The van der Waals surface area contributed by atoms with Crippen LogP contribution in [0.4, 0.5) is 4.79 Å². The molecule has 30 heavy (non-hydrogen) atoms. The molecule has 1 atom stereocenters. The maximum Gasteiger partial charge on any atom is 0.338 e. The van der Waals surface area contributed by atoms with E-state index in [1.165, 1.54) is 12.0 Å². The molecular formula is C22H23BrN2O5. The first-order chi connectivity index (χ1) is 14.3. The summed E-state index contributed by atoms with van der Waals surface area (Å²) < 4.78 is 11.1. The molecular weight excluding hydrogens is 452 g/mol. The van der Waals surface area contributed by atoms with E-state index in [-0.39, 0.29) is 24.1 Å². The number of carbonyl (C=O) groups is 2. The number of ether oxygens (including phenoxy) is 2. The number of nitrogens with one attached hydrogen (secondary N) is 1. The number of nitrogens with zero attached hydrogens (tertiary/aromatic N) is 1. The number of phenols is 1. The maximum absolute atomic E-state index is 13.0. The Morgan fingerprint density at radius 1 is 1.27 bits per heavy atom. The van der Waals surface area contributed by atoms with Crippen LogP contribution in [0.25, 0.3) is 0 Å². The van der Waals surface area contributed by atoms with Crippen LogP contribution in [0.15, 0.2) is 58.2 Å². The minimum atomic E-state index is -0.747. The molecule has 2 aromatic rings. The van der Waals surface area contributed by atoms with Crippen molar-refractivity contribution in [3.8, 4) is 11.5 Å². The van der Waals surface area contributed by atoms with Crippen LogP contribution in [-0.4, -0.2) is 42.8 Å². The van der Waals surface area contributed by atoms with Gasteiger partial charge < -0.3 is 24.8 Å². The molecule has 0 saturated heterocycles. The van der Waals surface area contributed by atoms with E-state index < -0.39 is 12.0 Å². The van der Waals surface area contributed by atoms with Crippen molar-refractivity contribution in [3.05, 3.63) is 69.3 Å². The van der Waals surface area contributed by atoms with Crippen LogP contribution < -0.4 is 10.1 Å². The first-order valence-electron chi connectivity index (χ1n) is 9.36. The highest BCUT2D eigenvalue weighted by atomic mass is 79.9. The zero-order valence-corrected chi connectivity index (χ0v) is 18.5. The number of rotatable bonds is 6. The van der Waals surface area contributed by atoms with Crippen LogP contribution in [0.3, 0.4) is 0 Å². The van der Waals surface area contributed by atoms with E-state index in [0.717, 1.165) is 5.56 Å². The van der Waals surface area contributed by atoms with Crippen molar-refractivity contribution in [1.82, 2.24) is 10.2 Å². The minimum absolute atomic E-state index is 0.0619. The summed E-state index contributed by atoms with van der Waals surface area (Å²) in [5, 5.41) is 12.9. The standard InChI is InChI=1S/C22H23BrN2O5/c1-13-18(21(27)30-10-9-14-7-5-4-6-8-14)19(24-22(28)25(13)2)15-11-16(23)20(26)17(12-15)29-3/h4-8,11-12,19,26H,9-10H2,1-3H3,(H,24,28)/t19-/m1/s1. The zero-order chi connectivity index (χ0) is 21.8. The van der Waals surface area contributed by atoms with Crippen LogP contribution in [-0.2, 0) is 16.0 Å². The Bertz CT molecular complexity index is 991. The normalized spacial score (nSPS) is 16.3. The molecule has 8 heteroatoms. The van der Waals surface area contributed by atoms with Crippen LogP contribution in [0, 0.1) is 0 Å². The average molecular weight is 475 g/mol. The van der Waals surface area contributed by atoms with Crippen molar-refractivity contribution in [3.63, 3.8) is 0 Å². The molecule has 0 saturated carbocycles. The first kappa shape index (κ1) is 21.7. The van der Waals surface area contributed by atoms with E-state index in [4.69, 9.17) is 9.47 Å². The van der Waals surface area contributed by atoms with Gasteiger partial charge >= 0.3 is 12.0 Å². The lowest BCUT2D eigenvalue weighted by atomic mass is 9.94. The fourth-order valence-corrected chi connectivity index (χ4v) is 3.71. The molecule has 0 aliphatic carbocycles. The van der Waals surface area contributed by atoms with Gasteiger partial charge in [0.05, 0.1) is 29.8 Å². The monoisotopic (exact) mass is 474 g/mol. The summed E-state index contributed by atoms with van der Waals surface area (Å²) in [5.41, 5.74) is 2.46. The molecule has 0 spiro atoms. The number of carbonyl (C=O) groups excluding carboxylic acids is 2. The molecule has 7 nitrogen and oxygen atoms in total. The lowest BCUT2D eigenvalue weighted by Crippen LogP contribution is -2.46. The van der Waals surface area contributed by atoms with Gasteiger partial charge in [-0.1, -0.05) is 30.3 Å². The van der Waals surface area contributed by atoms with Crippen LogP contribution in [0.2, 0.25) is 0 Å². The largest absolute Gasteiger partial charge is 0.503 e. The lowest BCUT2D eigenvalue weighted by molar-refractivity contribution is -0.139. The van der Waals surface area contributed by atoms with Crippen molar-refractivity contribution in [2.45, 2.75) is 19.4 Å². The number of urea groups is 1. The van der Waals surface area contributed by atoms with Crippen molar-refractivity contribution in [2.75, 3.05) is 20.8 Å². The number of amides is 2. The van der Waals surface area contributed by atoms with Crippen molar-refractivity contribution in [1.29, 1.82) is 0 Å². The molecule has 0 aromatic heterocycles. The van der Waals surface area contributed by atoms with E-state index in [1.807, 2.05) is 30.3 Å². The molecule has 0 fully saturated rings. The maximum atomic E-state index is 13.0. The van der Waals surface area contributed by atoms with Gasteiger partial charge in [-0.15, -0.1) is 0 Å². The van der Waals surface area contributed by atoms with Gasteiger partial charge in [0.2, 0.25) is 0 Å². The van der Waals surface area contributed by atoms with Gasteiger partial charge in [0.15, 0.2) is 11.5 Å². The molecule has 1 heterocycles. The van der Waals surface area contributed by atoms with Crippen molar-refractivity contribution >= 4 is 27.9 Å². The number of aromatic hydroxyl groups is 1. The molecule has 158 valence electrons. The van der Waals surface area contributed by atoms with E-state index in [1.54, 1.807) is 26.1 Å². The fourth-order valence-electron chi connectivity index (χ4n) is 3.25. The summed E-state index contributed by atoms with van der Waals surface area (Å²) in [6.07, 6.45) is 0.588. The smallest absolute Gasteiger partial charge is 0.338 e. The van der Waals surface area contributed by atoms with E-state index in [9.17, 15) is 14.7 Å². The predicted molar refractivity (Wildman–Crippen MR) is 115 cm³/mol. The summed E-state index contributed by atoms with van der Waals surface area (Å²) in [6.45, 7) is 1.92. The third-order valence-corrected chi connectivity index (χ3v) is 5.65. The Hall–Kier alpha value is -3.00. The van der Waals surface area contributed by atoms with Crippen molar-refractivity contribution < 1.29 is 24.2 Å². The number of methoxy groups -OCH3 is 1. The molecule has 1 aliphatic rings. The highest BCUT2D eigenvalue weighted by Crippen LogP contribution is 2.40. The SMILES string of the molecule is COc1cc([C@H]2NC(=O)N(C)C(C)=C2C(=O)OCCc2ccccc2)cc(Br)c1O. The Morgan fingerprint density at radius 3 is 2.63 bits per heavy atom. The fraction of sp³-hybridized carbons (Fsp3) is 0.273. The summed E-state index contributed by atoms with van der Waals surface area (Å²) in [6, 6.07) is 11.9. The number of allylic oxidation sites excluding steroid dienone is 1. The molecule has 2 amide bonds. The molecule has 1 aliphatic heterocycles. The van der Waals surface area contributed by atoms with Crippen LogP contribution in [0.1, 0.15) is 24.1 Å². The van der Waals surface area contributed by atoms with Crippen LogP contribution in [0.5, 0.6) is 11.5 Å². The highest BCUT2D eigenvalue weighted by molar-refractivity contribution is 9.10. The molecule has 2 N–H and O–H groups in total. The second kappa shape index (κ2) is 9.21. The second-order valence-electron chi connectivity index (χ2n) is 6.87. The Kier molecular flexibility index (Phi) is 6.66. The van der Waals surface area contributed by atoms with Gasteiger partial charge in [-0.3, -0.25) is 0 Å². The second-order valence-corrected chi connectivity index (χ2v) is 7.72. The summed E-state index contributed by atoms with van der Waals surface area (Å²) >= 11 is 3.29. The number of halogens is 1. The van der Waals surface area contributed by atoms with Gasteiger partial charge in [0, 0.05) is 19.2 Å². The van der Waals surface area contributed by atoms with E-state index >= 15 is 0 Å². The summed E-state index contributed by atoms with van der Waals surface area (Å²) in [5.74, 6) is -0.348. The Labute approximate surface area is 183 Å². The minimum Gasteiger partial charge on any atom is -0.503 e. The van der Waals surface area contributed by atoms with E-state index in [2.05, 4.69) is 21.2 Å². The van der Waals surface area contributed by atoms with Crippen molar-refractivity contribution in [2.24, 2.45) is 0 Å². The van der Waals surface area contributed by atoms with Gasteiger partial charge in [-0.25, -0.2) is 9.59 Å². The third kappa shape index (κ3) is 4.43. The third-order valence-electron chi connectivity index (χ3n) is 5.04. The molecule has 3 rings (SSSR count). The zero-order valence-electron chi connectivity index (χ0n) is 16.9. The highest BCUT2D eigenvalue weighted by Gasteiger charge is 2.35. The van der Waals surface area contributed by atoms with Gasteiger partial charge in [-0.2, -0.15) is 0 Å². The van der Waals surface area contributed by atoms with Gasteiger partial charge in [0.1, 0.15) is 0 Å². The Morgan fingerprint density at radius 2 is 1.97 bits per heavy atom. The quantitative estimate of drug-likeness (QED) is 0.619. The molecule has 0 radical (unpaired) electrons. The number of hydrogen-bond donors (Lipinski definition) is 2. The Balaban J connectivity index is 1.89. The van der Waals surface area contributed by atoms with Crippen LogP contribution >= 0.6 is 15.9 Å². The number of benzene rings is 2. The topological polar surface area (TPSA) is 88.1 Å². The predicted octanol–water partition coefficient (Wildman–Crippen LogP) is 3.92. The average Bonchev–Trinajstić information content (AvgIpc) is 2.74. The lowest BCUT2D eigenvalue weighted by Gasteiger charge is -2.33. The number of esters is 1. The molecule has 0 unspecified atom stereocenters. The summed E-state index contributed by atoms with van der Waals surface area (Å²) in [7, 11) is 3.02. The summed E-state index contributed by atoms with van der Waals surface area (Å²) in [4.78, 5) is 26.8. The first-order valence-corrected chi connectivity index (χ1v) is 10.1. The number of hydrogen-bond acceptors (Lipinski definition) is 5. The van der Waals surface area contributed by atoms with E-state index in [0.29, 0.717) is 27.7 Å². The molecule has 2 aromatic carbocycles. The number of phenolic OH excluding ortho intramolecular Hbond substituents is 1. The van der Waals surface area contributed by atoms with Gasteiger partial charge in [0.25, 0.3) is 0 Å².